The third kappa shape index (κ3) is 2.96. The number of rotatable bonds is 7. The number of ketones is 1. The number of anilines is 1. The molecule has 0 fully saturated rings. The van der Waals surface area contributed by atoms with E-state index in [1.54, 1.807) is 6.07 Å². The molecule has 1 amide bonds. The molecule has 0 aliphatic carbocycles. The van der Waals surface area contributed by atoms with Crippen LogP contribution in [0.25, 0.3) is 0 Å². The SMILES string of the molecule is COc1cc2c(c(OC)c1OC)C(=O)C(=O)N2CCCN(C)C. The predicted molar refractivity (Wildman–Crippen MR) is 86.0 cm³/mol. The molecule has 0 N–H and O–H groups in total. The van der Waals surface area contributed by atoms with Crippen molar-refractivity contribution in [2.45, 2.75) is 6.42 Å². The number of Topliss-reactive ketones (excluding diaryl/α,β-unsaturated/α-hetero) is 1. The van der Waals surface area contributed by atoms with Crippen molar-refractivity contribution >= 4 is 17.4 Å². The number of carbonyl (C=O) groups is 2. The molecule has 2 rings (SSSR count). The van der Waals surface area contributed by atoms with Crippen LogP contribution in [0.2, 0.25) is 0 Å². The highest BCUT2D eigenvalue weighted by Crippen LogP contribution is 2.47. The molecule has 0 bridgehead atoms. The Hall–Kier alpha value is -2.28. The quantitative estimate of drug-likeness (QED) is 0.703. The minimum Gasteiger partial charge on any atom is -0.493 e. The average Bonchev–Trinajstić information content (AvgIpc) is 2.77. The number of fused-ring (bicyclic) bond motifs is 1. The summed E-state index contributed by atoms with van der Waals surface area (Å²) in [5.74, 6) is -0.168. The van der Waals surface area contributed by atoms with Gasteiger partial charge in [-0.3, -0.25) is 9.59 Å². The first-order valence-electron chi connectivity index (χ1n) is 7.30. The number of nitrogens with zero attached hydrogens (tertiary/aromatic N) is 2. The Morgan fingerprint density at radius 2 is 1.70 bits per heavy atom. The Morgan fingerprint density at radius 3 is 2.22 bits per heavy atom. The number of carbonyl (C=O) groups excluding carboxylic acids is 2. The predicted octanol–water partition coefficient (Wildman–Crippen LogP) is 1.19. The number of methoxy groups -OCH3 is 3. The summed E-state index contributed by atoms with van der Waals surface area (Å²) >= 11 is 0. The molecule has 23 heavy (non-hydrogen) atoms. The van der Waals surface area contributed by atoms with Crippen LogP contribution in [0.4, 0.5) is 5.69 Å². The Balaban J connectivity index is 2.47. The van der Waals surface area contributed by atoms with E-state index in [0.29, 0.717) is 23.7 Å². The summed E-state index contributed by atoms with van der Waals surface area (Å²) in [6.45, 7) is 1.27. The lowest BCUT2D eigenvalue weighted by atomic mass is 10.1. The maximum Gasteiger partial charge on any atom is 0.299 e. The van der Waals surface area contributed by atoms with Gasteiger partial charge >= 0.3 is 0 Å². The molecule has 1 aliphatic heterocycles. The van der Waals surface area contributed by atoms with Gasteiger partial charge in [-0.05, 0) is 27.1 Å². The van der Waals surface area contributed by atoms with Crippen LogP contribution >= 0.6 is 0 Å². The van der Waals surface area contributed by atoms with E-state index in [9.17, 15) is 9.59 Å². The van der Waals surface area contributed by atoms with E-state index in [4.69, 9.17) is 14.2 Å². The lowest BCUT2D eigenvalue weighted by Crippen LogP contribution is -2.32. The van der Waals surface area contributed by atoms with Crippen molar-refractivity contribution in [3.8, 4) is 17.2 Å². The summed E-state index contributed by atoms with van der Waals surface area (Å²) in [4.78, 5) is 28.2. The van der Waals surface area contributed by atoms with Crippen molar-refractivity contribution in [2.75, 3.05) is 53.4 Å². The summed E-state index contributed by atoms with van der Waals surface area (Å²) in [6, 6.07) is 1.65. The second kappa shape index (κ2) is 6.87. The lowest BCUT2D eigenvalue weighted by molar-refractivity contribution is -0.114. The summed E-state index contributed by atoms with van der Waals surface area (Å²) in [5, 5.41) is 0. The van der Waals surface area contributed by atoms with Gasteiger partial charge in [0.05, 0.1) is 32.6 Å². The number of hydrogen-bond donors (Lipinski definition) is 0. The van der Waals surface area contributed by atoms with E-state index in [0.717, 1.165) is 13.0 Å². The van der Waals surface area contributed by atoms with Gasteiger partial charge in [-0.2, -0.15) is 0 Å². The molecular weight excluding hydrogens is 300 g/mol. The van der Waals surface area contributed by atoms with E-state index in [1.807, 2.05) is 19.0 Å². The molecule has 0 saturated carbocycles. The van der Waals surface area contributed by atoms with E-state index < -0.39 is 11.7 Å². The minimum atomic E-state index is -0.581. The van der Waals surface area contributed by atoms with Crippen LogP contribution in [0.15, 0.2) is 6.07 Å². The zero-order chi connectivity index (χ0) is 17.1. The minimum absolute atomic E-state index is 0.232. The molecular formula is C16H22N2O5. The second-order valence-corrected chi connectivity index (χ2v) is 5.48. The highest BCUT2D eigenvalue weighted by molar-refractivity contribution is 6.53. The van der Waals surface area contributed by atoms with Crippen molar-refractivity contribution in [1.29, 1.82) is 0 Å². The molecule has 1 aromatic rings. The van der Waals surface area contributed by atoms with E-state index >= 15 is 0 Å². The smallest absolute Gasteiger partial charge is 0.299 e. The largest absolute Gasteiger partial charge is 0.493 e. The maximum atomic E-state index is 12.4. The molecule has 0 aromatic heterocycles. The van der Waals surface area contributed by atoms with E-state index in [-0.39, 0.29) is 11.3 Å². The van der Waals surface area contributed by atoms with Crippen LogP contribution in [-0.4, -0.2) is 65.1 Å². The molecule has 1 aromatic carbocycles. The normalized spacial score (nSPS) is 13.6. The zero-order valence-electron chi connectivity index (χ0n) is 14.1. The first-order valence-corrected chi connectivity index (χ1v) is 7.30. The van der Waals surface area contributed by atoms with Crippen molar-refractivity contribution in [3.63, 3.8) is 0 Å². The van der Waals surface area contributed by atoms with Gasteiger partial charge in [0.15, 0.2) is 11.5 Å². The van der Waals surface area contributed by atoms with Crippen molar-refractivity contribution in [3.05, 3.63) is 11.6 Å². The maximum absolute atomic E-state index is 12.4. The fraction of sp³-hybridized carbons (Fsp3) is 0.500. The first-order chi connectivity index (χ1) is 11.0. The van der Waals surface area contributed by atoms with Gasteiger partial charge in [-0.1, -0.05) is 0 Å². The van der Waals surface area contributed by atoms with Gasteiger partial charge in [0, 0.05) is 12.6 Å². The van der Waals surface area contributed by atoms with Crippen LogP contribution in [0.5, 0.6) is 17.2 Å². The molecule has 126 valence electrons. The van der Waals surface area contributed by atoms with Gasteiger partial charge in [-0.15, -0.1) is 0 Å². The van der Waals surface area contributed by atoms with E-state index in [1.165, 1.54) is 26.2 Å². The number of benzene rings is 1. The molecule has 0 radical (unpaired) electrons. The molecule has 0 atom stereocenters. The molecule has 0 unspecified atom stereocenters. The van der Waals surface area contributed by atoms with Crippen molar-refractivity contribution < 1.29 is 23.8 Å². The second-order valence-electron chi connectivity index (χ2n) is 5.48. The van der Waals surface area contributed by atoms with Crippen molar-refractivity contribution in [1.82, 2.24) is 4.90 Å². The Kier molecular flexibility index (Phi) is 5.10. The third-order valence-corrected chi connectivity index (χ3v) is 3.75. The Labute approximate surface area is 135 Å². The van der Waals surface area contributed by atoms with Crippen LogP contribution in [-0.2, 0) is 4.79 Å². The molecule has 7 heteroatoms. The molecule has 7 nitrogen and oxygen atoms in total. The first kappa shape index (κ1) is 17.1. The Bertz CT molecular complexity index is 627. The summed E-state index contributed by atoms with van der Waals surface area (Å²) < 4.78 is 15.9. The van der Waals surface area contributed by atoms with Crippen LogP contribution < -0.4 is 19.1 Å². The number of ether oxygens (including phenoxy) is 3. The summed E-state index contributed by atoms with van der Waals surface area (Å²) in [5.41, 5.74) is 0.744. The summed E-state index contributed by atoms with van der Waals surface area (Å²) in [6.07, 6.45) is 0.752. The number of amides is 1. The highest BCUT2D eigenvalue weighted by atomic mass is 16.5. The summed E-state index contributed by atoms with van der Waals surface area (Å²) in [7, 11) is 8.31. The van der Waals surface area contributed by atoms with Crippen LogP contribution in [0.3, 0.4) is 0 Å². The fourth-order valence-corrected chi connectivity index (χ4v) is 2.68. The number of hydrogen-bond acceptors (Lipinski definition) is 6. The van der Waals surface area contributed by atoms with Crippen LogP contribution in [0.1, 0.15) is 16.8 Å². The van der Waals surface area contributed by atoms with Gasteiger partial charge in [0.1, 0.15) is 0 Å². The molecule has 1 aliphatic rings. The molecule has 0 spiro atoms. The van der Waals surface area contributed by atoms with Gasteiger partial charge < -0.3 is 24.0 Å². The van der Waals surface area contributed by atoms with E-state index in [2.05, 4.69) is 0 Å². The van der Waals surface area contributed by atoms with Gasteiger partial charge in [-0.25, -0.2) is 0 Å². The fourth-order valence-electron chi connectivity index (χ4n) is 2.68. The van der Waals surface area contributed by atoms with Crippen LogP contribution in [0, 0.1) is 0 Å². The third-order valence-electron chi connectivity index (χ3n) is 3.75. The molecule has 0 saturated heterocycles. The zero-order valence-corrected chi connectivity index (χ0v) is 14.1. The molecule has 1 heterocycles. The standard InChI is InChI=1S/C16H22N2O5/c1-17(2)7-6-8-18-10-9-11(21-3)14(22-4)15(23-5)12(10)13(19)16(18)20/h9H,6-8H2,1-5H3. The van der Waals surface area contributed by atoms with Crippen molar-refractivity contribution in [2.24, 2.45) is 0 Å². The van der Waals surface area contributed by atoms with Gasteiger partial charge in [0.25, 0.3) is 11.7 Å². The Morgan fingerprint density at radius 1 is 1.04 bits per heavy atom. The highest BCUT2D eigenvalue weighted by Gasteiger charge is 2.40. The topological polar surface area (TPSA) is 68.3 Å². The lowest BCUT2D eigenvalue weighted by Gasteiger charge is -2.20. The average molecular weight is 322 g/mol. The monoisotopic (exact) mass is 322 g/mol. The van der Waals surface area contributed by atoms with Gasteiger partial charge in [0.2, 0.25) is 5.75 Å².